The molecule has 3 aliphatic heterocycles. The number of benzene rings is 1. The van der Waals surface area contributed by atoms with E-state index in [4.69, 9.17) is 25.4 Å². The van der Waals surface area contributed by atoms with E-state index in [2.05, 4.69) is 10.2 Å². The third-order valence-corrected chi connectivity index (χ3v) is 7.46. The van der Waals surface area contributed by atoms with Crippen molar-refractivity contribution in [3.8, 4) is 11.1 Å². The van der Waals surface area contributed by atoms with Gasteiger partial charge < -0.3 is 30.7 Å². The normalized spacial score (nSPS) is 20.8. The number of likely N-dealkylation sites (tertiary alicyclic amines) is 1. The van der Waals surface area contributed by atoms with E-state index in [1.165, 1.54) is 4.90 Å². The second-order valence-corrected chi connectivity index (χ2v) is 10.6. The molecule has 1 aromatic carbocycles. The zero-order valence-electron chi connectivity index (χ0n) is 23.3. The van der Waals surface area contributed by atoms with Crippen LogP contribution >= 0.6 is 0 Å². The zero-order chi connectivity index (χ0) is 30.4. The van der Waals surface area contributed by atoms with Gasteiger partial charge in [0.25, 0.3) is 6.47 Å². The number of nitrogens with zero attached hydrogens (tertiary/aromatic N) is 4. The van der Waals surface area contributed by atoms with Crippen LogP contribution in [0, 0.1) is 12.8 Å². The van der Waals surface area contributed by atoms with Crippen LogP contribution in [0.2, 0.25) is 0 Å². The number of halogens is 3. The summed E-state index contributed by atoms with van der Waals surface area (Å²) in [6.45, 7) is 4.95. The topological polar surface area (TPSA) is 141 Å². The number of aryl methyl sites for hydroxylation is 1. The molecule has 0 radical (unpaired) electrons. The smallest absolute Gasteiger partial charge is 0.389 e. The molecular formula is C28H35F3N6O5. The molecule has 2 atom stereocenters. The van der Waals surface area contributed by atoms with E-state index >= 15 is 0 Å². The Labute approximate surface area is 241 Å². The summed E-state index contributed by atoms with van der Waals surface area (Å²) in [4.78, 5) is 43.8. The molecule has 0 bridgehead atoms. The number of nitrogens with two attached hydrogens (primary N) is 1. The highest BCUT2D eigenvalue weighted by molar-refractivity contribution is 5.96. The molecule has 3 fully saturated rings. The second-order valence-electron chi connectivity index (χ2n) is 10.6. The number of aromatic nitrogens is 1. The number of alkyl halides is 3. The molecule has 1 aromatic heterocycles. The van der Waals surface area contributed by atoms with Crippen molar-refractivity contribution in [1.29, 1.82) is 0 Å². The average Bonchev–Trinajstić information content (AvgIpc) is 3.54. The monoisotopic (exact) mass is 592 g/mol. The number of carbonyl (C=O) groups excluding carboxylic acids is 2. The molecule has 3 aliphatic rings. The number of amides is 3. The first-order valence-electron chi connectivity index (χ1n) is 13.7. The van der Waals surface area contributed by atoms with Crippen LogP contribution in [-0.4, -0.2) is 91.6 Å². The molecule has 4 heterocycles. The Hall–Kier alpha value is -3.91. The van der Waals surface area contributed by atoms with E-state index in [1.54, 1.807) is 11.0 Å². The van der Waals surface area contributed by atoms with Crippen molar-refractivity contribution in [3.05, 3.63) is 35.9 Å². The minimum atomic E-state index is -4.24. The van der Waals surface area contributed by atoms with E-state index in [0.29, 0.717) is 50.8 Å². The molecule has 228 valence electrons. The Morgan fingerprint density at radius 2 is 1.86 bits per heavy atom. The average molecular weight is 593 g/mol. The van der Waals surface area contributed by atoms with Gasteiger partial charge in [0.1, 0.15) is 11.6 Å². The summed E-state index contributed by atoms with van der Waals surface area (Å²) in [5, 5.41) is 9.74. The van der Waals surface area contributed by atoms with Gasteiger partial charge in [-0.05, 0) is 60.2 Å². The Kier molecular flexibility index (Phi) is 9.89. The van der Waals surface area contributed by atoms with Gasteiger partial charge in [-0.25, -0.2) is 9.78 Å². The molecule has 3 saturated heterocycles. The highest BCUT2D eigenvalue weighted by atomic mass is 19.4. The maximum absolute atomic E-state index is 12.9. The van der Waals surface area contributed by atoms with Gasteiger partial charge in [-0.1, -0.05) is 6.07 Å². The molecule has 3 amide bonds. The van der Waals surface area contributed by atoms with Crippen molar-refractivity contribution >= 4 is 35.7 Å². The first-order valence-corrected chi connectivity index (χ1v) is 13.7. The van der Waals surface area contributed by atoms with Crippen LogP contribution in [-0.2, 0) is 14.3 Å². The molecule has 4 N–H and O–H groups in total. The van der Waals surface area contributed by atoms with Crippen molar-refractivity contribution in [3.63, 3.8) is 0 Å². The Balaban J connectivity index is 0.00000129. The van der Waals surface area contributed by atoms with Crippen LogP contribution in [0.25, 0.3) is 11.1 Å². The fourth-order valence-electron chi connectivity index (χ4n) is 5.43. The Morgan fingerprint density at radius 3 is 2.50 bits per heavy atom. The van der Waals surface area contributed by atoms with Crippen molar-refractivity contribution in [2.45, 2.75) is 38.4 Å². The summed E-state index contributed by atoms with van der Waals surface area (Å²) >= 11 is 0. The summed E-state index contributed by atoms with van der Waals surface area (Å²) in [6.07, 6.45) is -4.53. The number of anilines is 3. The van der Waals surface area contributed by atoms with Crippen LogP contribution in [0.5, 0.6) is 0 Å². The van der Waals surface area contributed by atoms with Gasteiger partial charge in [0.2, 0.25) is 5.91 Å². The maximum Gasteiger partial charge on any atom is 0.389 e. The third kappa shape index (κ3) is 7.88. The van der Waals surface area contributed by atoms with Crippen LogP contribution in [0.3, 0.4) is 0 Å². The summed E-state index contributed by atoms with van der Waals surface area (Å²) < 4.78 is 43.8. The lowest BCUT2D eigenvalue weighted by molar-refractivity contribution is -0.143. The predicted octanol–water partition coefficient (Wildman–Crippen LogP) is 3.46. The SMILES string of the molecule is Cc1ccc(NC(=O)N2CC[C@@H](CC(F)(F)F)C2)cc1-c1cc(N2CCOCC2)nc(N2C[C@H](N)CC2=O)c1.O=CO. The molecule has 5 rings (SSSR count). The third-order valence-electron chi connectivity index (χ3n) is 7.46. The molecule has 11 nitrogen and oxygen atoms in total. The van der Waals surface area contributed by atoms with E-state index in [1.807, 2.05) is 31.2 Å². The largest absolute Gasteiger partial charge is 0.483 e. The van der Waals surface area contributed by atoms with Gasteiger partial charge in [0, 0.05) is 57.3 Å². The van der Waals surface area contributed by atoms with Crippen LogP contribution in [0.1, 0.15) is 24.8 Å². The number of nitrogens with one attached hydrogen (secondary N) is 1. The number of carbonyl (C=O) groups is 3. The van der Waals surface area contributed by atoms with Crippen LogP contribution in [0.4, 0.5) is 35.3 Å². The molecule has 42 heavy (non-hydrogen) atoms. The summed E-state index contributed by atoms with van der Waals surface area (Å²) in [7, 11) is 0. The zero-order valence-corrected chi connectivity index (χ0v) is 23.3. The summed E-state index contributed by atoms with van der Waals surface area (Å²) in [5.41, 5.74) is 9.21. The minimum Gasteiger partial charge on any atom is -0.483 e. The summed E-state index contributed by atoms with van der Waals surface area (Å²) in [5.74, 6) is 0.584. The highest BCUT2D eigenvalue weighted by Gasteiger charge is 2.36. The van der Waals surface area contributed by atoms with Gasteiger partial charge >= 0.3 is 12.2 Å². The van der Waals surface area contributed by atoms with Gasteiger partial charge in [0.05, 0.1) is 13.2 Å². The lowest BCUT2D eigenvalue weighted by Crippen LogP contribution is -2.37. The molecule has 14 heteroatoms. The van der Waals surface area contributed by atoms with E-state index < -0.39 is 24.5 Å². The van der Waals surface area contributed by atoms with Gasteiger partial charge in [-0.2, -0.15) is 13.2 Å². The number of rotatable bonds is 5. The van der Waals surface area contributed by atoms with Gasteiger partial charge in [0.15, 0.2) is 0 Å². The van der Waals surface area contributed by atoms with E-state index in [0.717, 1.165) is 22.5 Å². The first kappa shape index (κ1) is 31.0. The predicted molar refractivity (Wildman–Crippen MR) is 150 cm³/mol. The Morgan fingerprint density at radius 1 is 1.17 bits per heavy atom. The molecular weight excluding hydrogens is 557 g/mol. The fourth-order valence-corrected chi connectivity index (χ4v) is 5.43. The lowest BCUT2D eigenvalue weighted by Gasteiger charge is -2.29. The number of hydrogen-bond acceptors (Lipinski definition) is 7. The van der Waals surface area contributed by atoms with Crippen molar-refractivity contribution < 1.29 is 37.4 Å². The fraction of sp³-hybridized carbons (Fsp3) is 0.500. The molecule has 0 spiro atoms. The lowest BCUT2D eigenvalue weighted by atomic mass is 10.00. The van der Waals surface area contributed by atoms with Crippen molar-refractivity contribution in [1.82, 2.24) is 9.88 Å². The highest BCUT2D eigenvalue weighted by Crippen LogP contribution is 2.34. The maximum atomic E-state index is 12.9. The second kappa shape index (κ2) is 13.4. The number of pyridine rings is 1. The number of carboxylic acid groups (broad SMARTS) is 1. The standard InChI is InChI=1S/C27H33F3N6O3.CH2O2/c1-17-2-3-21(32-26(38)35-5-4-18(15-35)14-27(28,29)30)13-22(17)19-10-23(34-6-8-39-9-7-34)33-24(11-19)36-16-20(31)12-25(36)37;2-1-3/h2-3,10-11,13,18,20H,4-9,12,14-16,31H2,1H3,(H,32,38);1H,(H,2,3)/t18-,20+;/m0./s1. The quantitative estimate of drug-likeness (QED) is 0.449. The summed E-state index contributed by atoms with van der Waals surface area (Å²) in [6, 6.07) is 8.64. The van der Waals surface area contributed by atoms with Crippen molar-refractivity contribution in [2.75, 3.05) is 61.1 Å². The minimum absolute atomic E-state index is 0.0761. The molecule has 2 aromatic rings. The number of hydrogen-bond donors (Lipinski definition) is 3. The molecule has 0 aliphatic carbocycles. The molecule has 0 saturated carbocycles. The van der Waals surface area contributed by atoms with E-state index in [-0.39, 0.29) is 37.9 Å². The molecule has 0 unspecified atom stereocenters. The first-order chi connectivity index (χ1) is 20.0. The van der Waals surface area contributed by atoms with Crippen LogP contribution < -0.4 is 20.9 Å². The van der Waals surface area contributed by atoms with Gasteiger partial charge in [-0.15, -0.1) is 0 Å². The van der Waals surface area contributed by atoms with Crippen molar-refractivity contribution in [2.24, 2.45) is 11.7 Å². The van der Waals surface area contributed by atoms with Gasteiger partial charge in [-0.3, -0.25) is 14.5 Å². The Bertz CT molecular complexity index is 1290. The number of urea groups is 1. The number of morpholine rings is 1. The van der Waals surface area contributed by atoms with E-state index in [9.17, 15) is 22.8 Å². The van der Waals surface area contributed by atoms with Crippen LogP contribution in [0.15, 0.2) is 30.3 Å². The number of ether oxygens (including phenoxy) is 1.